The fraction of sp³-hybridized carbons (Fsp3) is 0.517. The number of nitrogens with zero attached hydrogens (tertiary/aromatic N) is 1. The van der Waals surface area contributed by atoms with E-state index >= 15 is 0 Å². The van der Waals surface area contributed by atoms with E-state index in [1.807, 2.05) is 25.1 Å². The summed E-state index contributed by atoms with van der Waals surface area (Å²) >= 11 is 1.26. The van der Waals surface area contributed by atoms with Gasteiger partial charge in [-0.2, -0.15) is 8.78 Å². The lowest BCUT2D eigenvalue weighted by atomic mass is 9.95. The van der Waals surface area contributed by atoms with Gasteiger partial charge in [0.2, 0.25) is 0 Å². The van der Waals surface area contributed by atoms with E-state index in [9.17, 15) is 23.5 Å². The number of hydrogen-bond acceptors (Lipinski definition) is 6. The molecule has 2 aromatic rings. The minimum atomic E-state index is -3.41. The number of carbonyl (C=O) groups is 2. The van der Waals surface area contributed by atoms with Crippen molar-refractivity contribution in [3.8, 4) is 5.06 Å². The van der Waals surface area contributed by atoms with Crippen LogP contribution in [0.2, 0.25) is 0 Å². The number of benzene rings is 1. The van der Waals surface area contributed by atoms with Crippen LogP contribution in [0.25, 0.3) is 0 Å². The smallest absolute Gasteiger partial charge is 0.437 e. The van der Waals surface area contributed by atoms with Crippen molar-refractivity contribution in [1.29, 1.82) is 0 Å². The number of hydrogen-bond donors (Lipinski definition) is 1. The van der Waals surface area contributed by atoms with Crippen LogP contribution in [0.15, 0.2) is 54.6 Å². The number of carbonyl (C=O) groups excluding carboxylic acids is 2. The van der Waals surface area contributed by atoms with Gasteiger partial charge in [-0.05, 0) is 55.7 Å². The van der Waals surface area contributed by atoms with Crippen molar-refractivity contribution in [2.45, 2.75) is 76.4 Å². The van der Waals surface area contributed by atoms with E-state index in [4.69, 9.17) is 4.74 Å². The van der Waals surface area contributed by atoms with E-state index in [2.05, 4.69) is 16.9 Å². The summed E-state index contributed by atoms with van der Waals surface area (Å²) < 4.78 is 37.9. The van der Waals surface area contributed by atoms with Gasteiger partial charge in [-0.25, -0.2) is 4.79 Å². The second-order valence-corrected chi connectivity index (χ2v) is 10.9. The molecule has 0 unspecified atom stereocenters. The molecule has 3 rings (SSSR count). The van der Waals surface area contributed by atoms with E-state index in [-0.39, 0.29) is 12.5 Å². The summed E-state index contributed by atoms with van der Waals surface area (Å²) in [6, 6.07) is 13.0. The normalized spacial score (nSPS) is 18.6. The quantitative estimate of drug-likeness (QED) is 0.167. The Kier molecular flexibility index (Phi) is 11.3. The average molecular weight is 550 g/mol. The van der Waals surface area contributed by atoms with E-state index in [1.54, 1.807) is 24.3 Å². The Morgan fingerprint density at radius 3 is 2.66 bits per heavy atom. The predicted octanol–water partition coefficient (Wildman–Crippen LogP) is 6.42. The summed E-state index contributed by atoms with van der Waals surface area (Å²) in [6.45, 7) is 2.12. The van der Waals surface area contributed by atoms with Crippen molar-refractivity contribution in [2.75, 3.05) is 13.7 Å². The molecule has 1 aromatic heterocycles. The zero-order valence-electron chi connectivity index (χ0n) is 22.0. The van der Waals surface area contributed by atoms with Gasteiger partial charge in [0.1, 0.15) is 0 Å². The molecule has 6 nitrogen and oxygen atoms in total. The van der Waals surface area contributed by atoms with Crippen molar-refractivity contribution >= 4 is 23.4 Å². The molecule has 1 saturated heterocycles. The first kappa shape index (κ1) is 29.8. The third kappa shape index (κ3) is 8.91. The van der Waals surface area contributed by atoms with Crippen LogP contribution < -0.4 is 4.74 Å². The number of unbranched alkanes of at least 4 members (excludes halogenated alkanes) is 2. The van der Waals surface area contributed by atoms with Crippen molar-refractivity contribution < 1.29 is 33.0 Å². The van der Waals surface area contributed by atoms with Crippen molar-refractivity contribution in [2.24, 2.45) is 5.92 Å². The third-order valence-corrected chi connectivity index (χ3v) is 7.85. The van der Waals surface area contributed by atoms with Crippen LogP contribution >= 0.6 is 11.3 Å². The molecule has 0 radical (unpaired) electrons. The number of alkyl halides is 2. The third-order valence-electron chi connectivity index (χ3n) is 6.83. The first-order valence-electron chi connectivity index (χ1n) is 13.1. The number of aryl methyl sites for hydroxylation is 2. The molecule has 1 fully saturated rings. The first-order chi connectivity index (χ1) is 18.2. The second kappa shape index (κ2) is 14.4. The molecule has 1 aliphatic heterocycles. The Balaban J connectivity index is 1.44. The van der Waals surface area contributed by atoms with Gasteiger partial charge < -0.3 is 19.5 Å². The highest BCUT2D eigenvalue weighted by molar-refractivity contribution is 7.13. The highest BCUT2D eigenvalue weighted by Gasteiger charge is 2.52. The van der Waals surface area contributed by atoms with Crippen LogP contribution in [-0.4, -0.2) is 53.8 Å². The van der Waals surface area contributed by atoms with Crippen LogP contribution in [0.5, 0.6) is 5.06 Å². The van der Waals surface area contributed by atoms with Crippen molar-refractivity contribution in [3.63, 3.8) is 0 Å². The van der Waals surface area contributed by atoms with Crippen molar-refractivity contribution in [1.82, 2.24) is 4.90 Å². The van der Waals surface area contributed by atoms with Gasteiger partial charge in [-0.15, -0.1) is 11.3 Å². The van der Waals surface area contributed by atoms with Gasteiger partial charge in [0.15, 0.2) is 5.06 Å². The summed E-state index contributed by atoms with van der Waals surface area (Å²) in [5.41, 5.74) is 1.32. The lowest BCUT2D eigenvalue weighted by Gasteiger charge is -2.22. The van der Waals surface area contributed by atoms with Crippen LogP contribution in [0, 0.1) is 5.92 Å². The molecule has 2 heterocycles. The topological polar surface area (TPSA) is 76.1 Å². The van der Waals surface area contributed by atoms with Gasteiger partial charge in [-0.1, -0.05) is 62.2 Å². The highest BCUT2D eigenvalue weighted by Crippen LogP contribution is 2.35. The van der Waals surface area contributed by atoms with Gasteiger partial charge in [-0.3, -0.25) is 4.79 Å². The lowest BCUT2D eigenvalue weighted by Crippen LogP contribution is -2.36. The number of halogens is 2. The number of likely N-dealkylation sites (tertiary alicyclic amines) is 1. The molecule has 1 aliphatic rings. The number of ether oxygens (including phenoxy) is 2. The fourth-order valence-corrected chi connectivity index (χ4v) is 5.46. The van der Waals surface area contributed by atoms with E-state index in [0.29, 0.717) is 17.9 Å². The van der Waals surface area contributed by atoms with Crippen LogP contribution in [-0.2, 0) is 22.4 Å². The molecular formula is C29H37F2NO5S. The molecular weight excluding hydrogens is 512 g/mol. The second-order valence-electron chi connectivity index (χ2n) is 9.79. The van der Waals surface area contributed by atoms with E-state index in [0.717, 1.165) is 37.0 Å². The van der Waals surface area contributed by atoms with Gasteiger partial charge >= 0.3 is 12.1 Å². The van der Waals surface area contributed by atoms with Crippen LogP contribution in [0.1, 0.15) is 55.9 Å². The molecule has 0 spiro atoms. The molecule has 1 amide bonds. The molecule has 38 heavy (non-hydrogen) atoms. The molecule has 208 valence electrons. The predicted molar refractivity (Wildman–Crippen MR) is 144 cm³/mol. The first-order valence-corrected chi connectivity index (χ1v) is 13.9. The molecule has 0 bridgehead atoms. The SMILES string of the molecule is COC(=O)Oc1ccc(CCCN2C(=O)C(F)(F)C[C@@H]2/C=C/[C@@H](O)[C@H](C)CCCCCc2ccccc2)s1. The number of rotatable bonds is 14. The summed E-state index contributed by atoms with van der Waals surface area (Å²) in [5, 5.41) is 11.0. The molecule has 0 saturated carbocycles. The number of methoxy groups -OCH3 is 1. The Labute approximate surface area is 227 Å². The van der Waals surface area contributed by atoms with Crippen LogP contribution in [0.3, 0.4) is 0 Å². The summed E-state index contributed by atoms with van der Waals surface area (Å²) in [4.78, 5) is 25.7. The minimum absolute atomic E-state index is 0.00530. The zero-order chi connectivity index (χ0) is 27.5. The Morgan fingerprint density at radius 1 is 1.16 bits per heavy atom. The standard InChI is InChI=1S/C29H37F2NO5S/c1-21(10-5-3-6-11-22-12-7-4-8-13-22)25(33)17-15-23-20-29(30,31)27(34)32(23)19-9-14-24-16-18-26(38-24)37-28(35)36-2/h4,7-8,12-13,15-18,21,23,25,33H,3,5-6,9-11,14,19-20H2,1-2H3/b17-15+/t21-,23+,25-/m1/s1. The number of aliphatic hydroxyl groups excluding tert-OH is 1. The highest BCUT2D eigenvalue weighted by atomic mass is 32.1. The molecule has 3 atom stereocenters. The van der Waals surface area contributed by atoms with E-state index in [1.165, 1.54) is 28.9 Å². The van der Waals surface area contributed by atoms with Gasteiger partial charge in [0.05, 0.1) is 19.3 Å². The number of amides is 1. The number of thiophene rings is 1. The van der Waals surface area contributed by atoms with Crippen molar-refractivity contribution in [3.05, 3.63) is 65.1 Å². The maximum Gasteiger partial charge on any atom is 0.514 e. The lowest BCUT2D eigenvalue weighted by molar-refractivity contribution is -0.148. The summed E-state index contributed by atoms with van der Waals surface area (Å²) in [5.74, 6) is -4.59. The Bertz CT molecular complexity index is 1060. The summed E-state index contributed by atoms with van der Waals surface area (Å²) in [6.07, 6.45) is 7.01. The number of aliphatic hydroxyl groups is 1. The Morgan fingerprint density at radius 2 is 1.92 bits per heavy atom. The maximum absolute atomic E-state index is 14.2. The van der Waals surface area contributed by atoms with Crippen LogP contribution in [0.4, 0.5) is 13.6 Å². The van der Waals surface area contributed by atoms with E-state index < -0.39 is 36.6 Å². The molecule has 0 aliphatic carbocycles. The fourth-order valence-electron chi connectivity index (χ4n) is 4.57. The average Bonchev–Trinajstić information content (AvgIpc) is 3.43. The van der Waals surface area contributed by atoms with Gasteiger partial charge in [0.25, 0.3) is 5.91 Å². The zero-order valence-corrected chi connectivity index (χ0v) is 22.8. The summed E-state index contributed by atoms with van der Waals surface area (Å²) in [7, 11) is 1.22. The monoisotopic (exact) mass is 549 g/mol. The van der Waals surface area contributed by atoms with Gasteiger partial charge in [0, 0.05) is 17.8 Å². The minimum Gasteiger partial charge on any atom is -0.437 e. The Hall–Kier alpha value is -2.78. The molecule has 1 aromatic carbocycles. The molecule has 9 heteroatoms. The molecule has 1 N–H and O–H groups in total. The maximum atomic E-state index is 14.2. The largest absolute Gasteiger partial charge is 0.514 e.